The monoisotopic (exact) mass is 404 g/mol. The Hall–Kier alpha value is -2.57. The second-order valence-corrected chi connectivity index (χ2v) is 8.11. The third kappa shape index (κ3) is 7.75. The highest BCUT2D eigenvalue weighted by atomic mass is 16.5. The summed E-state index contributed by atoms with van der Waals surface area (Å²) in [5.74, 6) is -1.44. The number of hydrogen-bond donors (Lipinski definition) is 3. The van der Waals surface area contributed by atoms with Crippen molar-refractivity contribution in [2.45, 2.75) is 71.1 Å². The molecule has 1 saturated carbocycles. The fourth-order valence-electron chi connectivity index (χ4n) is 3.71. The molecule has 1 fully saturated rings. The molecule has 0 aromatic heterocycles. The van der Waals surface area contributed by atoms with Gasteiger partial charge in [-0.3, -0.25) is 4.79 Å². The van der Waals surface area contributed by atoms with Crippen LogP contribution in [0.5, 0.6) is 0 Å². The molecule has 7 nitrogen and oxygen atoms in total. The van der Waals surface area contributed by atoms with E-state index in [4.69, 9.17) is 4.74 Å². The van der Waals surface area contributed by atoms with Crippen LogP contribution in [0, 0.1) is 11.8 Å². The molecule has 0 bridgehead atoms. The second kappa shape index (κ2) is 11.4. The van der Waals surface area contributed by atoms with Crippen LogP contribution in [0.15, 0.2) is 30.3 Å². The van der Waals surface area contributed by atoms with Crippen LogP contribution in [0.4, 0.5) is 4.79 Å². The van der Waals surface area contributed by atoms with Crippen molar-refractivity contribution in [3.05, 3.63) is 35.9 Å². The molecule has 3 N–H and O–H groups in total. The van der Waals surface area contributed by atoms with Crippen molar-refractivity contribution in [2.75, 3.05) is 0 Å². The van der Waals surface area contributed by atoms with Crippen LogP contribution in [0.1, 0.15) is 57.9 Å². The van der Waals surface area contributed by atoms with Crippen molar-refractivity contribution in [2.24, 2.45) is 11.8 Å². The summed E-state index contributed by atoms with van der Waals surface area (Å²) in [7, 11) is 0. The molecule has 2 amide bonds. The summed E-state index contributed by atoms with van der Waals surface area (Å²) in [5.41, 5.74) is 0.843. The number of rotatable bonds is 9. The van der Waals surface area contributed by atoms with E-state index in [0.29, 0.717) is 6.42 Å². The number of carboxylic acid groups (broad SMARTS) is 1. The van der Waals surface area contributed by atoms with Gasteiger partial charge in [-0.25, -0.2) is 9.59 Å². The quantitative estimate of drug-likeness (QED) is 0.584. The molecule has 2 rings (SSSR count). The molecule has 0 unspecified atom stereocenters. The molecule has 1 aromatic carbocycles. The van der Waals surface area contributed by atoms with E-state index in [0.717, 1.165) is 37.7 Å². The Morgan fingerprint density at radius 3 is 2.31 bits per heavy atom. The first-order chi connectivity index (χ1) is 13.9. The zero-order valence-corrected chi connectivity index (χ0v) is 17.2. The van der Waals surface area contributed by atoms with Gasteiger partial charge in [0.2, 0.25) is 5.91 Å². The normalized spacial score (nSPS) is 16.7. The molecule has 1 aliphatic carbocycles. The van der Waals surface area contributed by atoms with E-state index in [1.807, 2.05) is 44.2 Å². The van der Waals surface area contributed by atoms with Crippen LogP contribution in [0.3, 0.4) is 0 Å². The smallest absolute Gasteiger partial charge is 0.408 e. The van der Waals surface area contributed by atoms with E-state index in [-0.39, 0.29) is 18.4 Å². The van der Waals surface area contributed by atoms with Crippen molar-refractivity contribution in [3.63, 3.8) is 0 Å². The number of aliphatic carboxylic acids is 1. The standard InChI is InChI=1S/C22H32N2O5/c1-15(2)13-18(23-22(28)29-14-16-9-5-3-6-10-16)20(25)24-19(21(26)27)17-11-7-4-8-12-17/h3,5-6,9-10,15,17-19H,4,7-8,11-14H2,1-2H3,(H,23,28)(H,24,25)(H,26,27)/t18-,19+/m0/s1. The SMILES string of the molecule is CC(C)C[C@H](NC(=O)OCc1ccccc1)C(=O)N[C@@H](C(=O)O)C1CCCCC1. The van der Waals surface area contributed by atoms with Crippen molar-refractivity contribution >= 4 is 18.0 Å². The fourth-order valence-corrected chi connectivity index (χ4v) is 3.71. The van der Waals surface area contributed by atoms with Gasteiger partial charge in [-0.1, -0.05) is 63.4 Å². The van der Waals surface area contributed by atoms with Gasteiger partial charge in [0.1, 0.15) is 18.7 Å². The molecule has 160 valence electrons. The first-order valence-electron chi connectivity index (χ1n) is 10.4. The average molecular weight is 405 g/mol. The maximum atomic E-state index is 12.8. The summed E-state index contributed by atoms with van der Waals surface area (Å²) < 4.78 is 5.21. The van der Waals surface area contributed by atoms with Crippen LogP contribution in [-0.4, -0.2) is 35.2 Å². The highest BCUT2D eigenvalue weighted by Crippen LogP contribution is 2.26. The summed E-state index contributed by atoms with van der Waals surface area (Å²) in [6, 6.07) is 7.48. The molecule has 0 spiro atoms. The lowest BCUT2D eigenvalue weighted by atomic mass is 9.83. The van der Waals surface area contributed by atoms with Gasteiger partial charge >= 0.3 is 12.1 Å². The Morgan fingerprint density at radius 1 is 1.07 bits per heavy atom. The predicted molar refractivity (Wildman–Crippen MR) is 109 cm³/mol. The average Bonchev–Trinajstić information content (AvgIpc) is 2.70. The highest BCUT2D eigenvalue weighted by Gasteiger charge is 2.33. The molecule has 0 heterocycles. The van der Waals surface area contributed by atoms with Gasteiger partial charge in [0, 0.05) is 0 Å². The number of amides is 2. The van der Waals surface area contributed by atoms with Gasteiger partial charge in [-0.05, 0) is 36.7 Å². The maximum Gasteiger partial charge on any atom is 0.408 e. The summed E-state index contributed by atoms with van der Waals surface area (Å²) in [6.07, 6.45) is 4.33. The first-order valence-corrected chi connectivity index (χ1v) is 10.4. The Bertz CT molecular complexity index is 671. The maximum absolute atomic E-state index is 12.8. The minimum Gasteiger partial charge on any atom is -0.480 e. The van der Waals surface area contributed by atoms with Gasteiger partial charge in [-0.15, -0.1) is 0 Å². The van der Waals surface area contributed by atoms with Gasteiger partial charge in [0.25, 0.3) is 0 Å². The number of ether oxygens (including phenoxy) is 1. The first kappa shape index (κ1) is 22.7. The van der Waals surface area contributed by atoms with Gasteiger partial charge in [0.05, 0.1) is 0 Å². The van der Waals surface area contributed by atoms with Crippen molar-refractivity contribution < 1.29 is 24.2 Å². The second-order valence-electron chi connectivity index (χ2n) is 8.11. The highest BCUT2D eigenvalue weighted by molar-refractivity contribution is 5.89. The number of carbonyl (C=O) groups is 3. The van der Waals surface area contributed by atoms with Crippen molar-refractivity contribution in [1.29, 1.82) is 0 Å². The minimum atomic E-state index is -1.03. The van der Waals surface area contributed by atoms with Gasteiger partial charge in [0.15, 0.2) is 0 Å². The lowest BCUT2D eigenvalue weighted by Gasteiger charge is -2.29. The Kier molecular flexibility index (Phi) is 8.96. The minimum absolute atomic E-state index is 0.0741. The zero-order valence-electron chi connectivity index (χ0n) is 17.2. The molecular weight excluding hydrogens is 372 g/mol. The molecule has 7 heteroatoms. The molecule has 1 aromatic rings. The molecule has 1 aliphatic rings. The molecule has 0 radical (unpaired) electrons. The predicted octanol–water partition coefficient (Wildman–Crippen LogP) is 3.48. The molecule has 2 atom stereocenters. The van der Waals surface area contributed by atoms with Crippen LogP contribution < -0.4 is 10.6 Å². The van der Waals surface area contributed by atoms with E-state index in [1.165, 1.54) is 0 Å². The van der Waals surface area contributed by atoms with Crippen LogP contribution in [0.25, 0.3) is 0 Å². The Morgan fingerprint density at radius 2 is 1.72 bits per heavy atom. The summed E-state index contributed by atoms with van der Waals surface area (Å²) in [6.45, 7) is 3.97. The topological polar surface area (TPSA) is 105 Å². The molecular formula is C22H32N2O5. The third-order valence-corrected chi connectivity index (χ3v) is 5.21. The van der Waals surface area contributed by atoms with Crippen LogP contribution in [0.2, 0.25) is 0 Å². The molecule has 0 saturated heterocycles. The lowest BCUT2D eigenvalue weighted by Crippen LogP contribution is -2.54. The fraction of sp³-hybridized carbons (Fsp3) is 0.591. The van der Waals surface area contributed by atoms with Crippen molar-refractivity contribution in [1.82, 2.24) is 10.6 Å². The van der Waals surface area contributed by atoms with E-state index in [9.17, 15) is 19.5 Å². The number of carboxylic acids is 1. The number of benzene rings is 1. The van der Waals surface area contributed by atoms with Crippen LogP contribution >= 0.6 is 0 Å². The van der Waals surface area contributed by atoms with E-state index in [1.54, 1.807) is 0 Å². The van der Waals surface area contributed by atoms with Crippen molar-refractivity contribution in [3.8, 4) is 0 Å². The third-order valence-electron chi connectivity index (χ3n) is 5.21. The number of hydrogen-bond acceptors (Lipinski definition) is 4. The number of nitrogens with one attached hydrogen (secondary N) is 2. The number of carbonyl (C=O) groups excluding carboxylic acids is 2. The van der Waals surface area contributed by atoms with Gasteiger partial charge in [-0.2, -0.15) is 0 Å². The Balaban J connectivity index is 1.96. The summed E-state index contributed by atoms with van der Waals surface area (Å²) >= 11 is 0. The zero-order chi connectivity index (χ0) is 21.2. The van der Waals surface area contributed by atoms with E-state index < -0.39 is 30.1 Å². The lowest BCUT2D eigenvalue weighted by molar-refractivity contribution is -0.144. The van der Waals surface area contributed by atoms with E-state index in [2.05, 4.69) is 10.6 Å². The molecule has 29 heavy (non-hydrogen) atoms. The van der Waals surface area contributed by atoms with Gasteiger partial charge < -0.3 is 20.5 Å². The summed E-state index contributed by atoms with van der Waals surface area (Å²) in [5, 5.41) is 14.9. The van der Waals surface area contributed by atoms with Crippen LogP contribution in [-0.2, 0) is 20.9 Å². The Labute approximate surface area is 172 Å². The van der Waals surface area contributed by atoms with E-state index >= 15 is 0 Å². The largest absolute Gasteiger partial charge is 0.480 e. The number of alkyl carbamates (subject to hydrolysis) is 1. The summed E-state index contributed by atoms with van der Waals surface area (Å²) in [4.78, 5) is 36.7. The molecule has 0 aliphatic heterocycles.